The van der Waals surface area contributed by atoms with Crippen LogP contribution < -0.4 is 5.32 Å². The van der Waals surface area contributed by atoms with Gasteiger partial charge in [-0.1, -0.05) is 24.3 Å². The molecule has 0 saturated heterocycles. The summed E-state index contributed by atoms with van der Waals surface area (Å²) >= 11 is 0. The Kier molecular flexibility index (Phi) is 3.63. The molecule has 1 aromatic heterocycles. The number of aromatic nitrogens is 1. The van der Waals surface area contributed by atoms with E-state index in [0.29, 0.717) is 17.0 Å². The molecule has 108 valence electrons. The quantitative estimate of drug-likeness (QED) is 0.725. The zero-order valence-corrected chi connectivity index (χ0v) is 12.4. The molecule has 0 aliphatic carbocycles. The summed E-state index contributed by atoms with van der Waals surface area (Å²) in [5.41, 5.74) is 5.00. The number of rotatable bonds is 3. The molecule has 1 N–H and O–H groups in total. The van der Waals surface area contributed by atoms with Crippen molar-refractivity contribution in [1.29, 1.82) is 5.26 Å². The van der Waals surface area contributed by atoms with Gasteiger partial charge in [0.05, 0.1) is 0 Å². The van der Waals surface area contributed by atoms with E-state index >= 15 is 0 Å². The zero-order valence-electron chi connectivity index (χ0n) is 12.4. The Morgan fingerprint density at radius 1 is 1.23 bits per heavy atom. The molecule has 0 bridgehead atoms. The maximum absolute atomic E-state index is 9.35. The van der Waals surface area contributed by atoms with Gasteiger partial charge >= 0.3 is 0 Å². The van der Waals surface area contributed by atoms with Crippen LogP contribution in [0.5, 0.6) is 0 Å². The molecule has 0 aliphatic heterocycles. The Morgan fingerprint density at radius 2 is 2.05 bits per heavy atom. The van der Waals surface area contributed by atoms with Gasteiger partial charge in [0.25, 0.3) is 0 Å². The predicted octanol–water partition coefficient (Wildman–Crippen LogP) is 4.42. The largest absolute Gasteiger partial charge is 0.435 e. The van der Waals surface area contributed by atoms with Crippen LogP contribution in [0.1, 0.15) is 17.0 Å². The monoisotopic (exact) mass is 289 g/mol. The number of nitrogens with zero attached hydrogens (tertiary/aromatic N) is 2. The Labute approximate surface area is 128 Å². The second kappa shape index (κ2) is 5.74. The first-order valence-electron chi connectivity index (χ1n) is 6.97. The lowest BCUT2D eigenvalue weighted by Gasteiger charge is -2.06. The molecule has 0 spiro atoms. The minimum atomic E-state index is 0.321. The number of fused-ring (bicyclic) bond motifs is 1. The molecule has 0 fully saturated rings. The number of anilines is 1. The van der Waals surface area contributed by atoms with Gasteiger partial charge in [0, 0.05) is 11.9 Å². The van der Waals surface area contributed by atoms with Gasteiger partial charge < -0.3 is 9.73 Å². The van der Waals surface area contributed by atoms with Crippen LogP contribution in [0.2, 0.25) is 0 Å². The van der Waals surface area contributed by atoms with Crippen LogP contribution in [0.3, 0.4) is 0 Å². The lowest BCUT2D eigenvalue weighted by molar-refractivity contribution is 0.586. The zero-order chi connectivity index (χ0) is 15.5. The Hall–Kier alpha value is -3.06. The highest BCUT2D eigenvalue weighted by atomic mass is 16.3. The molecule has 3 rings (SSSR count). The summed E-state index contributed by atoms with van der Waals surface area (Å²) in [6.07, 6.45) is 1.63. The van der Waals surface area contributed by atoms with Gasteiger partial charge in [-0.2, -0.15) is 5.26 Å². The number of para-hydroxylation sites is 2. The average molecular weight is 289 g/mol. The van der Waals surface area contributed by atoms with Crippen molar-refractivity contribution in [2.45, 2.75) is 13.8 Å². The third-order valence-electron chi connectivity index (χ3n) is 3.41. The predicted molar refractivity (Wildman–Crippen MR) is 87.1 cm³/mol. The van der Waals surface area contributed by atoms with Crippen LogP contribution in [0, 0.1) is 25.2 Å². The minimum Gasteiger partial charge on any atom is -0.435 e. The van der Waals surface area contributed by atoms with Crippen molar-refractivity contribution in [2.24, 2.45) is 0 Å². The second-order valence-corrected chi connectivity index (χ2v) is 5.12. The molecule has 22 heavy (non-hydrogen) atoms. The molecular weight excluding hydrogens is 274 g/mol. The maximum Gasteiger partial charge on any atom is 0.239 e. The van der Waals surface area contributed by atoms with Crippen LogP contribution >= 0.6 is 0 Å². The molecular formula is C18H15N3O. The fourth-order valence-electron chi connectivity index (χ4n) is 2.17. The van der Waals surface area contributed by atoms with E-state index in [0.717, 1.165) is 22.3 Å². The second-order valence-electron chi connectivity index (χ2n) is 5.12. The number of aryl methyl sites for hydroxylation is 2. The van der Waals surface area contributed by atoms with Crippen molar-refractivity contribution in [1.82, 2.24) is 4.98 Å². The first kappa shape index (κ1) is 13.9. The highest BCUT2D eigenvalue weighted by Gasteiger charge is 2.10. The number of oxazole rings is 1. The molecule has 0 unspecified atom stereocenters. The van der Waals surface area contributed by atoms with Gasteiger partial charge in [-0.05, 0) is 43.2 Å². The number of hydrogen-bond acceptors (Lipinski definition) is 4. The molecule has 0 radical (unpaired) electrons. The van der Waals surface area contributed by atoms with Gasteiger partial charge in [0.2, 0.25) is 5.89 Å². The SMILES string of the molecule is Cc1ccc(C)c(NC=C(C#N)c2nc3ccccc3o2)c1. The van der Waals surface area contributed by atoms with E-state index < -0.39 is 0 Å². The van der Waals surface area contributed by atoms with E-state index in [2.05, 4.69) is 22.4 Å². The summed E-state index contributed by atoms with van der Waals surface area (Å²) in [6, 6.07) is 15.7. The summed E-state index contributed by atoms with van der Waals surface area (Å²) < 4.78 is 5.62. The van der Waals surface area contributed by atoms with E-state index in [4.69, 9.17) is 4.42 Å². The molecule has 0 atom stereocenters. The van der Waals surface area contributed by atoms with Gasteiger partial charge in [-0.3, -0.25) is 0 Å². The average Bonchev–Trinajstić information content (AvgIpc) is 2.95. The van der Waals surface area contributed by atoms with E-state index in [9.17, 15) is 5.26 Å². The smallest absolute Gasteiger partial charge is 0.239 e. The Balaban J connectivity index is 1.93. The van der Waals surface area contributed by atoms with E-state index in [1.165, 1.54) is 0 Å². The van der Waals surface area contributed by atoms with Crippen LogP contribution in [0.4, 0.5) is 5.69 Å². The lowest BCUT2D eigenvalue weighted by atomic mass is 10.1. The molecule has 0 saturated carbocycles. The number of nitriles is 1. The topological polar surface area (TPSA) is 61.9 Å². The molecule has 3 aromatic rings. The third kappa shape index (κ3) is 2.70. The number of nitrogens with one attached hydrogen (secondary N) is 1. The maximum atomic E-state index is 9.35. The Bertz CT molecular complexity index is 867. The first-order chi connectivity index (χ1) is 10.7. The van der Waals surface area contributed by atoms with Crippen molar-refractivity contribution in [3.63, 3.8) is 0 Å². The first-order valence-corrected chi connectivity index (χ1v) is 6.97. The summed E-state index contributed by atoms with van der Waals surface area (Å²) in [6.45, 7) is 4.04. The van der Waals surface area contributed by atoms with Crippen molar-refractivity contribution in [2.75, 3.05) is 5.32 Å². The van der Waals surface area contributed by atoms with Crippen LogP contribution in [0.15, 0.2) is 53.1 Å². The fourth-order valence-corrected chi connectivity index (χ4v) is 2.17. The van der Waals surface area contributed by atoms with E-state index in [-0.39, 0.29) is 0 Å². The number of benzene rings is 2. The van der Waals surface area contributed by atoms with Gasteiger partial charge in [-0.25, -0.2) is 4.98 Å². The molecule has 1 heterocycles. The van der Waals surface area contributed by atoms with Gasteiger partial charge in [0.15, 0.2) is 5.58 Å². The van der Waals surface area contributed by atoms with E-state index in [1.54, 1.807) is 6.20 Å². The molecule has 0 amide bonds. The van der Waals surface area contributed by atoms with Crippen molar-refractivity contribution in [3.8, 4) is 6.07 Å². The summed E-state index contributed by atoms with van der Waals surface area (Å²) in [4.78, 5) is 4.34. The highest BCUT2D eigenvalue weighted by Crippen LogP contribution is 2.22. The summed E-state index contributed by atoms with van der Waals surface area (Å²) in [7, 11) is 0. The highest BCUT2D eigenvalue weighted by molar-refractivity contribution is 5.80. The fraction of sp³-hybridized carbons (Fsp3) is 0.111. The van der Waals surface area contributed by atoms with Crippen LogP contribution in [0.25, 0.3) is 16.7 Å². The molecule has 2 aromatic carbocycles. The van der Waals surface area contributed by atoms with E-state index in [1.807, 2.05) is 50.2 Å². The molecule has 4 heteroatoms. The van der Waals surface area contributed by atoms with Crippen LogP contribution in [-0.2, 0) is 0 Å². The van der Waals surface area contributed by atoms with Gasteiger partial charge in [-0.15, -0.1) is 0 Å². The minimum absolute atomic E-state index is 0.321. The van der Waals surface area contributed by atoms with Crippen LogP contribution in [-0.4, -0.2) is 4.98 Å². The van der Waals surface area contributed by atoms with Crippen molar-refractivity contribution < 1.29 is 4.42 Å². The lowest BCUT2D eigenvalue weighted by Crippen LogP contribution is -1.94. The Morgan fingerprint density at radius 3 is 2.82 bits per heavy atom. The van der Waals surface area contributed by atoms with Crippen molar-refractivity contribution >= 4 is 22.4 Å². The molecule has 4 nitrogen and oxygen atoms in total. The summed E-state index contributed by atoms with van der Waals surface area (Å²) in [5.74, 6) is 0.321. The third-order valence-corrected chi connectivity index (χ3v) is 3.41. The molecule has 0 aliphatic rings. The normalized spacial score (nSPS) is 11.4. The standard InChI is InChI=1S/C18H15N3O/c1-12-7-8-13(2)16(9-12)20-11-14(10-19)18-21-15-5-3-4-6-17(15)22-18/h3-9,11,20H,1-2H3. The van der Waals surface area contributed by atoms with Gasteiger partial charge in [0.1, 0.15) is 17.2 Å². The van der Waals surface area contributed by atoms with Crippen molar-refractivity contribution in [3.05, 3.63) is 65.7 Å². The number of allylic oxidation sites excluding steroid dienone is 1. The summed E-state index contributed by atoms with van der Waals surface area (Å²) in [5, 5.41) is 12.5. The number of hydrogen-bond donors (Lipinski definition) is 1.